The fraction of sp³-hybridized carbons (Fsp3) is 0.333. The molecule has 1 aliphatic rings. The lowest BCUT2D eigenvalue weighted by Gasteiger charge is -2.36. The fourth-order valence-corrected chi connectivity index (χ4v) is 2.52. The van der Waals surface area contributed by atoms with Crippen LogP contribution in [0.15, 0.2) is 36.5 Å². The molecule has 2 aromatic rings. The van der Waals surface area contributed by atoms with Gasteiger partial charge >= 0.3 is 0 Å². The summed E-state index contributed by atoms with van der Waals surface area (Å²) in [6, 6.07) is 9.73. The number of nitrogens with two attached hydrogens (primary N) is 1. The van der Waals surface area contributed by atoms with Gasteiger partial charge in [-0.3, -0.25) is 0 Å². The van der Waals surface area contributed by atoms with Crippen molar-refractivity contribution in [1.29, 1.82) is 0 Å². The fourth-order valence-electron chi connectivity index (χ4n) is 2.52. The predicted molar refractivity (Wildman–Crippen MR) is 83.9 cm³/mol. The summed E-state index contributed by atoms with van der Waals surface area (Å²) in [6.07, 6.45) is 1.72. The summed E-state index contributed by atoms with van der Waals surface area (Å²) in [5.41, 5.74) is 7.96. The van der Waals surface area contributed by atoms with E-state index in [9.17, 15) is 0 Å². The highest BCUT2D eigenvalue weighted by molar-refractivity contribution is 5.67. The minimum Gasteiger partial charge on any atom is -0.481 e. The van der Waals surface area contributed by atoms with Crippen molar-refractivity contribution in [3.05, 3.63) is 36.5 Å². The number of aromatic nitrogens is 2. The molecule has 2 N–H and O–H groups in total. The predicted octanol–water partition coefficient (Wildman–Crippen LogP) is 1.39. The lowest BCUT2D eigenvalue weighted by atomic mass is 10.2. The smallest absolute Gasteiger partial charge is 0.228 e. The third kappa shape index (κ3) is 2.84. The van der Waals surface area contributed by atoms with Gasteiger partial charge in [0, 0.05) is 38.4 Å². The van der Waals surface area contributed by atoms with Crippen LogP contribution in [-0.2, 0) is 0 Å². The molecule has 110 valence electrons. The summed E-state index contributed by atoms with van der Waals surface area (Å²) in [4.78, 5) is 13.2. The zero-order valence-corrected chi connectivity index (χ0v) is 12.1. The Kier molecular flexibility index (Phi) is 3.77. The van der Waals surface area contributed by atoms with Crippen LogP contribution in [0.3, 0.4) is 0 Å². The number of para-hydroxylation sites is 2. The molecular weight excluding hydrogens is 266 g/mol. The molecule has 1 saturated heterocycles. The summed E-state index contributed by atoms with van der Waals surface area (Å²) in [5, 5.41) is 0. The van der Waals surface area contributed by atoms with Crippen LogP contribution in [0.2, 0.25) is 0 Å². The van der Waals surface area contributed by atoms with Crippen LogP contribution in [0.5, 0.6) is 5.88 Å². The molecule has 0 radical (unpaired) electrons. The number of ether oxygens (including phenoxy) is 1. The van der Waals surface area contributed by atoms with Gasteiger partial charge in [0.25, 0.3) is 0 Å². The zero-order chi connectivity index (χ0) is 14.7. The molecule has 6 nitrogen and oxygen atoms in total. The average Bonchev–Trinajstić information content (AvgIpc) is 2.56. The number of methoxy groups -OCH3 is 1. The number of nitrogens with zero attached hydrogens (tertiary/aromatic N) is 4. The zero-order valence-electron chi connectivity index (χ0n) is 12.1. The Morgan fingerprint density at radius 3 is 2.48 bits per heavy atom. The van der Waals surface area contributed by atoms with E-state index < -0.39 is 0 Å². The van der Waals surface area contributed by atoms with Gasteiger partial charge in [0.15, 0.2) is 0 Å². The van der Waals surface area contributed by atoms with Crippen molar-refractivity contribution in [2.24, 2.45) is 0 Å². The molecule has 1 fully saturated rings. The van der Waals surface area contributed by atoms with E-state index in [1.54, 1.807) is 19.4 Å². The first-order valence-corrected chi connectivity index (χ1v) is 6.99. The van der Waals surface area contributed by atoms with E-state index in [2.05, 4.69) is 25.8 Å². The average molecular weight is 285 g/mol. The van der Waals surface area contributed by atoms with Gasteiger partial charge < -0.3 is 20.3 Å². The van der Waals surface area contributed by atoms with Crippen molar-refractivity contribution in [2.45, 2.75) is 0 Å². The van der Waals surface area contributed by atoms with Gasteiger partial charge in [-0.25, -0.2) is 4.98 Å². The Hall–Kier alpha value is -2.50. The molecule has 3 rings (SSSR count). The molecule has 1 aromatic carbocycles. The van der Waals surface area contributed by atoms with Gasteiger partial charge in [0.2, 0.25) is 11.8 Å². The monoisotopic (exact) mass is 285 g/mol. The van der Waals surface area contributed by atoms with Crippen molar-refractivity contribution in [3.63, 3.8) is 0 Å². The molecule has 0 amide bonds. The van der Waals surface area contributed by atoms with E-state index in [0.717, 1.165) is 43.5 Å². The number of hydrogen-bond acceptors (Lipinski definition) is 6. The lowest BCUT2D eigenvalue weighted by molar-refractivity contribution is 0.396. The number of anilines is 3. The molecule has 6 heteroatoms. The molecule has 1 aromatic heterocycles. The normalized spacial score (nSPS) is 15.1. The molecule has 0 bridgehead atoms. The van der Waals surface area contributed by atoms with Gasteiger partial charge in [-0.1, -0.05) is 12.1 Å². The van der Waals surface area contributed by atoms with Crippen molar-refractivity contribution in [2.75, 3.05) is 48.8 Å². The summed E-state index contributed by atoms with van der Waals surface area (Å²) in [5.74, 6) is 1.31. The molecule has 2 heterocycles. The second kappa shape index (κ2) is 5.87. The molecule has 1 aliphatic heterocycles. The van der Waals surface area contributed by atoms with Gasteiger partial charge in [0.1, 0.15) is 0 Å². The first-order chi connectivity index (χ1) is 10.3. The van der Waals surface area contributed by atoms with Gasteiger partial charge in [-0.15, -0.1) is 0 Å². The highest BCUT2D eigenvalue weighted by Crippen LogP contribution is 2.24. The highest BCUT2D eigenvalue weighted by atomic mass is 16.5. The largest absolute Gasteiger partial charge is 0.481 e. The topological polar surface area (TPSA) is 67.5 Å². The molecule has 0 unspecified atom stereocenters. The summed E-state index contributed by atoms with van der Waals surface area (Å²) in [6.45, 7) is 3.52. The van der Waals surface area contributed by atoms with E-state index >= 15 is 0 Å². The van der Waals surface area contributed by atoms with E-state index in [0.29, 0.717) is 5.88 Å². The summed E-state index contributed by atoms with van der Waals surface area (Å²) >= 11 is 0. The number of piperazine rings is 1. The van der Waals surface area contributed by atoms with Crippen LogP contribution in [0.4, 0.5) is 17.3 Å². The number of benzene rings is 1. The number of nitrogen functional groups attached to an aromatic ring is 1. The lowest BCUT2D eigenvalue weighted by Crippen LogP contribution is -2.47. The maximum atomic E-state index is 6.04. The molecule has 21 heavy (non-hydrogen) atoms. The highest BCUT2D eigenvalue weighted by Gasteiger charge is 2.20. The Balaban J connectivity index is 1.69. The standard InChI is InChI=1S/C15H19N5O/c1-21-14-6-7-17-15(18-14)20-10-8-19(9-11-20)13-5-3-2-4-12(13)16/h2-7H,8-11,16H2,1H3. The van der Waals surface area contributed by atoms with Crippen molar-refractivity contribution in [3.8, 4) is 5.88 Å². The van der Waals surface area contributed by atoms with Crippen molar-refractivity contribution in [1.82, 2.24) is 9.97 Å². The van der Waals surface area contributed by atoms with Crippen molar-refractivity contribution >= 4 is 17.3 Å². The van der Waals surface area contributed by atoms with Gasteiger partial charge in [-0.05, 0) is 12.1 Å². The van der Waals surface area contributed by atoms with Crippen LogP contribution < -0.4 is 20.3 Å². The summed E-state index contributed by atoms with van der Waals surface area (Å²) < 4.78 is 5.15. The maximum Gasteiger partial charge on any atom is 0.228 e. The van der Waals surface area contributed by atoms with Crippen LogP contribution in [0, 0.1) is 0 Å². The van der Waals surface area contributed by atoms with Crippen molar-refractivity contribution < 1.29 is 4.74 Å². The van der Waals surface area contributed by atoms with Crippen LogP contribution >= 0.6 is 0 Å². The van der Waals surface area contributed by atoms with Crippen LogP contribution in [0.1, 0.15) is 0 Å². The molecule has 0 atom stereocenters. The third-order valence-corrected chi connectivity index (χ3v) is 3.67. The molecular formula is C15H19N5O. The first-order valence-electron chi connectivity index (χ1n) is 6.99. The Labute approximate surface area is 124 Å². The van der Waals surface area contributed by atoms with E-state index in [4.69, 9.17) is 10.5 Å². The number of rotatable bonds is 3. The SMILES string of the molecule is COc1ccnc(N2CCN(c3ccccc3N)CC2)n1. The molecule has 0 aliphatic carbocycles. The van der Waals surface area contributed by atoms with Crippen LogP contribution in [0.25, 0.3) is 0 Å². The maximum absolute atomic E-state index is 6.04. The Bertz CT molecular complexity index is 611. The van der Waals surface area contributed by atoms with Gasteiger partial charge in [0.05, 0.1) is 18.5 Å². The second-order valence-electron chi connectivity index (χ2n) is 4.93. The number of hydrogen-bond donors (Lipinski definition) is 1. The quantitative estimate of drug-likeness (QED) is 0.860. The van der Waals surface area contributed by atoms with Crippen LogP contribution in [-0.4, -0.2) is 43.3 Å². The van der Waals surface area contributed by atoms with E-state index in [1.165, 1.54) is 0 Å². The first kappa shape index (κ1) is 13.5. The van der Waals surface area contributed by atoms with Gasteiger partial charge in [-0.2, -0.15) is 4.98 Å². The Morgan fingerprint density at radius 2 is 1.76 bits per heavy atom. The summed E-state index contributed by atoms with van der Waals surface area (Å²) in [7, 11) is 1.61. The third-order valence-electron chi connectivity index (χ3n) is 3.67. The molecule has 0 spiro atoms. The van der Waals surface area contributed by atoms with E-state index in [-0.39, 0.29) is 0 Å². The molecule has 0 saturated carbocycles. The van der Waals surface area contributed by atoms with E-state index in [1.807, 2.05) is 18.2 Å². The minimum absolute atomic E-state index is 0.592. The second-order valence-corrected chi connectivity index (χ2v) is 4.93. The Morgan fingerprint density at radius 1 is 1.05 bits per heavy atom. The minimum atomic E-state index is 0.592.